The standard InChI is InChI=1S/C22H24F3N3O2/c1-14(16-7-8-16)28(12-15-5-3-2-4-6-15)13-20(30)26-11-19(29)27-18-10-9-17(23)21(24)22(18)25/h2-6,9-10,14,16H,7-8,11-13H2,1H3,(H,26,30)(H,27,29). The second-order valence-corrected chi connectivity index (χ2v) is 7.52. The number of amides is 2. The molecule has 30 heavy (non-hydrogen) atoms. The Morgan fingerprint density at radius 3 is 2.40 bits per heavy atom. The summed E-state index contributed by atoms with van der Waals surface area (Å²) in [4.78, 5) is 26.4. The van der Waals surface area contributed by atoms with Gasteiger partial charge in [0.25, 0.3) is 0 Å². The summed E-state index contributed by atoms with van der Waals surface area (Å²) in [6.45, 7) is 2.40. The molecule has 3 rings (SSSR count). The average molecular weight is 419 g/mol. The summed E-state index contributed by atoms with van der Waals surface area (Å²) in [5, 5.41) is 4.62. The van der Waals surface area contributed by atoms with Crippen LogP contribution in [-0.2, 0) is 16.1 Å². The third-order valence-corrected chi connectivity index (χ3v) is 5.21. The molecule has 0 spiro atoms. The smallest absolute Gasteiger partial charge is 0.243 e. The predicted molar refractivity (Wildman–Crippen MR) is 107 cm³/mol. The van der Waals surface area contributed by atoms with Crippen LogP contribution in [0.2, 0.25) is 0 Å². The van der Waals surface area contributed by atoms with Crippen molar-refractivity contribution >= 4 is 17.5 Å². The zero-order valence-electron chi connectivity index (χ0n) is 16.6. The summed E-state index contributed by atoms with van der Waals surface area (Å²) in [6, 6.07) is 11.7. The van der Waals surface area contributed by atoms with Gasteiger partial charge in [-0.2, -0.15) is 0 Å². The molecule has 0 heterocycles. The lowest BCUT2D eigenvalue weighted by molar-refractivity contribution is -0.125. The van der Waals surface area contributed by atoms with Gasteiger partial charge in [0.15, 0.2) is 17.5 Å². The summed E-state index contributed by atoms with van der Waals surface area (Å²) in [5.74, 6) is -5.02. The Bertz CT molecular complexity index is 904. The van der Waals surface area contributed by atoms with Crippen LogP contribution in [0.25, 0.3) is 0 Å². The van der Waals surface area contributed by atoms with Crippen LogP contribution >= 0.6 is 0 Å². The van der Waals surface area contributed by atoms with E-state index in [1.807, 2.05) is 30.3 Å². The average Bonchev–Trinajstić information content (AvgIpc) is 3.58. The molecule has 1 fully saturated rings. The van der Waals surface area contributed by atoms with Crippen molar-refractivity contribution in [3.05, 3.63) is 65.5 Å². The lowest BCUT2D eigenvalue weighted by atomic mass is 10.1. The Hall–Kier alpha value is -2.87. The number of carbonyl (C=O) groups is 2. The van der Waals surface area contributed by atoms with Crippen molar-refractivity contribution in [2.45, 2.75) is 32.4 Å². The summed E-state index contributed by atoms with van der Waals surface area (Å²) in [7, 11) is 0. The molecule has 1 aliphatic rings. The minimum atomic E-state index is -1.66. The third-order valence-electron chi connectivity index (χ3n) is 5.21. The molecule has 1 aliphatic carbocycles. The summed E-state index contributed by atoms with van der Waals surface area (Å²) < 4.78 is 39.9. The Morgan fingerprint density at radius 2 is 1.73 bits per heavy atom. The van der Waals surface area contributed by atoms with Crippen molar-refractivity contribution in [3.63, 3.8) is 0 Å². The second kappa shape index (κ2) is 9.75. The van der Waals surface area contributed by atoms with Gasteiger partial charge in [-0.25, -0.2) is 13.2 Å². The van der Waals surface area contributed by atoms with E-state index in [4.69, 9.17) is 0 Å². The number of rotatable bonds is 9. The predicted octanol–water partition coefficient (Wildman–Crippen LogP) is 3.46. The van der Waals surface area contributed by atoms with Crippen molar-refractivity contribution in [1.29, 1.82) is 0 Å². The number of anilines is 1. The number of nitrogens with zero attached hydrogens (tertiary/aromatic N) is 1. The lowest BCUT2D eigenvalue weighted by Gasteiger charge is -2.28. The van der Waals surface area contributed by atoms with Gasteiger partial charge in [-0.3, -0.25) is 14.5 Å². The molecule has 1 unspecified atom stereocenters. The van der Waals surface area contributed by atoms with Crippen molar-refractivity contribution in [2.75, 3.05) is 18.4 Å². The highest BCUT2D eigenvalue weighted by Crippen LogP contribution is 2.35. The summed E-state index contributed by atoms with van der Waals surface area (Å²) >= 11 is 0. The largest absolute Gasteiger partial charge is 0.346 e. The third kappa shape index (κ3) is 5.82. The van der Waals surface area contributed by atoms with E-state index in [0.717, 1.165) is 24.5 Å². The van der Waals surface area contributed by atoms with Gasteiger partial charge in [0.2, 0.25) is 11.8 Å². The first-order valence-corrected chi connectivity index (χ1v) is 9.83. The number of hydrogen-bond donors (Lipinski definition) is 2. The van der Waals surface area contributed by atoms with E-state index in [0.29, 0.717) is 18.5 Å². The number of carbonyl (C=O) groups excluding carboxylic acids is 2. The van der Waals surface area contributed by atoms with Crippen molar-refractivity contribution in [3.8, 4) is 0 Å². The number of halogens is 3. The maximum atomic E-state index is 13.6. The maximum Gasteiger partial charge on any atom is 0.243 e. The fraction of sp³-hybridized carbons (Fsp3) is 0.364. The minimum absolute atomic E-state index is 0.110. The Balaban J connectivity index is 1.53. The summed E-state index contributed by atoms with van der Waals surface area (Å²) in [5.41, 5.74) is 0.602. The maximum absolute atomic E-state index is 13.6. The molecule has 2 amide bonds. The van der Waals surface area contributed by atoms with Gasteiger partial charge in [-0.15, -0.1) is 0 Å². The number of hydrogen-bond acceptors (Lipinski definition) is 3. The van der Waals surface area contributed by atoms with Crippen LogP contribution in [0.5, 0.6) is 0 Å². The van der Waals surface area contributed by atoms with E-state index in [1.165, 1.54) is 0 Å². The van der Waals surface area contributed by atoms with Crippen molar-refractivity contribution in [1.82, 2.24) is 10.2 Å². The molecule has 2 aromatic rings. The molecule has 0 aliphatic heterocycles. The first-order chi connectivity index (χ1) is 14.3. The van der Waals surface area contributed by atoms with E-state index in [-0.39, 0.29) is 18.5 Å². The zero-order chi connectivity index (χ0) is 21.7. The van der Waals surface area contributed by atoms with Crippen LogP contribution < -0.4 is 10.6 Å². The topological polar surface area (TPSA) is 61.4 Å². The van der Waals surface area contributed by atoms with Gasteiger partial charge in [0, 0.05) is 12.6 Å². The Kier molecular flexibility index (Phi) is 7.10. The number of nitrogens with one attached hydrogen (secondary N) is 2. The fourth-order valence-electron chi connectivity index (χ4n) is 3.27. The molecule has 0 bridgehead atoms. The van der Waals surface area contributed by atoms with Gasteiger partial charge >= 0.3 is 0 Å². The first-order valence-electron chi connectivity index (χ1n) is 9.83. The first kappa shape index (κ1) is 21.8. The molecule has 8 heteroatoms. The molecular formula is C22H24F3N3O2. The Labute approximate surface area is 173 Å². The molecule has 2 aromatic carbocycles. The van der Waals surface area contributed by atoms with Crippen LogP contribution in [0.4, 0.5) is 18.9 Å². The fourth-order valence-corrected chi connectivity index (χ4v) is 3.27. The second-order valence-electron chi connectivity index (χ2n) is 7.52. The SMILES string of the molecule is CC(C1CC1)N(CC(=O)NCC(=O)Nc1ccc(F)c(F)c1F)Cc1ccccc1. The lowest BCUT2D eigenvalue weighted by Crippen LogP contribution is -2.44. The van der Waals surface area contributed by atoms with Gasteiger partial charge < -0.3 is 10.6 Å². The minimum Gasteiger partial charge on any atom is -0.346 e. The molecule has 1 saturated carbocycles. The van der Waals surface area contributed by atoms with Crippen LogP contribution in [0.3, 0.4) is 0 Å². The van der Waals surface area contributed by atoms with Crippen molar-refractivity contribution in [2.24, 2.45) is 5.92 Å². The molecule has 0 radical (unpaired) electrons. The molecule has 0 aromatic heterocycles. The molecule has 2 N–H and O–H groups in total. The quantitative estimate of drug-likeness (QED) is 0.612. The molecule has 160 valence electrons. The highest BCUT2D eigenvalue weighted by molar-refractivity contribution is 5.94. The van der Waals surface area contributed by atoms with Crippen LogP contribution in [0, 0.1) is 23.4 Å². The van der Waals surface area contributed by atoms with Gasteiger partial charge in [0.05, 0.1) is 18.8 Å². The van der Waals surface area contributed by atoms with Gasteiger partial charge in [-0.1, -0.05) is 30.3 Å². The molecule has 0 saturated heterocycles. The summed E-state index contributed by atoms with van der Waals surface area (Å²) in [6.07, 6.45) is 2.27. The zero-order valence-corrected chi connectivity index (χ0v) is 16.6. The molecule has 5 nitrogen and oxygen atoms in total. The van der Waals surface area contributed by atoms with E-state index in [1.54, 1.807) is 0 Å². The van der Waals surface area contributed by atoms with Gasteiger partial charge in [-0.05, 0) is 43.4 Å². The van der Waals surface area contributed by atoms with Crippen LogP contribution in [0.15, 0.2) is 42.5 Å². The van der Waals surface area contributed by atoms with Crippen LogP contribution in [0.1, 0.15) is 25.3 Å². The van der Waals surface area contributed by atoms with Crippen LogP contribution in [-0.4, -0.2) is 35.8 Å². The molecule has 1 atom stereocenters. The van der Waals surface area contributed by atoms with Crippen molar-refractivity contribution < 1.29 is 22.8 Å². The number of benzene rings is 2. The van der Waals surface area contributed by atoms with E-state index < -0.39 is 35.6 Å². The normalized spacial score (nSPS) is 14.4. The Morgan fingerprint density at radius 1 is 1.03 bits per heavy atom. The molecular weight excluding hydrogens is 395 g/mol. The highest BCUT2D eigenvalue weighted by atomic mass is 19.2. The van der Waals surface area contributed by atoms with E-state index in [2.05, 4.69) is 22.5 Å². The highest BCUT2D eigenvalue weighted by Gasteiger charge is 2.32. The van der Waals surface area contributed by atoms with Gasteiger partial charge in [0.1, 0.15) is 0 Å². The van der Waals surface area contributed by atoms with E-state index >= 15 is 0 Å². The van der Waals surface area contributed by atoms with E-state index in [9.17, 15) is 22.8 Å². The monoisotopic (exact) mass is 419 g/mol.